The zero-order valence-electron chi connectivity index (χ0n) is 22.2. The van der Waals surface area contributed by atoms with Gasteiger partial charge in [-0.2, -0.15) is 0 Å². The number of nitrogens with zero attached hydrogens (tertiary/aromatic N) is 1. The molecule has 0 saturated carbocycles. The largest absolute Gasteiger partial charge is 0.492 e. The van der Waals surface area contributed by atoms with E-state index >= 15 is 0 Å². The summed E-state index contributed by atoms with van der Waals surface area (Å²) in [6, 6.07) is 11.9. The third-order valence-corrected chi connectivity index (χ3v) is 6.93. The van der Waals surface area contributed by atoms with Crippen molar-refractivity contribution in [3.05, 3.63) is 71.2 Å². The van der Waals surface area contributed by atoms with E-state index < -0.39 is 11.7 Å². The highest BCUT2D eigenvalue weighted by atomic mass is 19.1. The predicted molar refractivity (Wildman–Crippen MR) is 140 cm³/mol. The Morgan fingerprint density at radius 2 is 2.00 bits per heavy atom. The predicted octanol–water partition coefficient (Wildman–Crippen LogP) is 5.66. The highest BCUT2D eigenvalue weighted by Crippen LogP contribution is 2.44. The Morgan fingerprint density at radius 1 is 1.18 bits per heavy atom. The first-order valence-electron chi connectivity index (χ1n) is 13.0. The van der Waals surface area contributed by atoms with Gasteiger partial charge in [-0.05, 0) is 51.0 Å². The van der Waals surface area contributed by atoms with E-state index in [0.717, 1.165) is 11.1 Å². The molecule has 0 spiro atoms. The molecule has 2 heterocycles. The molecule has 2 atom stereocenters. The Morgan fingerprint density at radius 3 is 2.74 bits per heavy atom. The van der Waals surface area contributed by atoms with Crippen molar-refractivity contribution >= 4 is 5.97 Å². The van der Waals surface area contributed by atoms with Gasteiger partial charge in [0, 0.05) is 41.2 Å². The molecule has 2 aliphatic rings. The van der Waals surface area contributed by atoms with Gasteiger partial charge in [-0.15, -0.1) is 0 Å². The monoisotopic (exact) mass is 537 g/mol. The minimum atomic E-state index is -0.801. The summed E-state index contributed by atoms with van der Waals surface area (Å²) in [4.78, 5) is 16.0. The van der Waals surface area contributed by atoms with Crippen LogP contribution in [0.5, 0.6) is 28.9 Å². The Labute approximate surface area is 226 Å². The van der Waals surface area contributed by atoms with Crippen LogP contribution in [0.1, 0.15) is 61.8 Å². The number of halogens is 1. The number of carbonyl (C=O) groups excluding carboxylic acids is 1. The lowest BCUT2D eigenvalue weighted by Gasteiger charge is -2.17. The topological polar surface area (TPSA) is 96.3 Å². The van der Waals surface area contributed by atoms with E-state index in [9.17, 15) is 14.3 Å². The van der Waals surface area contributed by atoms with Gasteiger partial charge >= 0.3 is 5.97 Å². The molecule has 206 valence electrons. The maximum Gasteiger partial charge on any atom is 0.306 e. The minimum Gasteiger partial charge on any atom is -0.492 e. The fourth-order valence-electron chi connectivity index (χ4n) is 4.85. The lowest BCUT2D eigenvalue weighted by molar-refractivity contribution is -0.141. The van der Waals surface area contributed by atoms with Crippen LogP contribution in [-0.2, 0) is 16.0 Å². The second-order valence-electron chi connectivity index (χ2n) is 10.4. The number of aromatic nitrogens is 1. The van der Waals surface area contributed by atoms with E-state index in [1.54, 1.807) is 44.3 Å². The fourth-order valence-corrected chi connectivity index (χ4v) is 4.85. The number of ether oxygens (including phenoxy) is 5. The molecule has 5 rings (SSSR count). The van der Waals surface area contributed by atoms with Crippen molar-refractivity contribution in [3.8, 4) is 28.9 Å². The molecule has 0 fully saturated rings. The fraction of sp³-hybridized carbons (Fsp3) is 0.400. The molecule has 1 aromatic heterocycles. The smallest absolute Gasteiger partial charge is 0.306 e. The Balaban J connectivity index is 1.26. The van der Waals surface area contributed by atoms with Gasteiger partial charge in [0.2, 0.25) is 5.88 Å². The standard InChI is InChI=1S/C30H32FNO7/c1-30(2,34)12-13-36-20-5-11-27(32-16-20)39-24-10-8-23(31)29-22(24)7-9-25(29)38-19-4-6-21-18(14-28(33)35-3)17-37-26(21)15-19/h4-6,8,10-11,15-16,18,25,34H,7,9,12-14,17H2,1-3H3/t18-,25-/m1/s1. The average molecular weight is 538 g/mol. The molecule has 0 amide bonds. The van der Waals surface area contributed by atoms with Gasteiger partial charge in [-0.1, -0.05) is 6.07 Å². The Kier molecular flexibility index (Phi) is 7.61. The second-order valence-corrected chi connectivity index (χ2v) is 10.4. The first-order chi connectivity index (χ1) is 18.7. The molecule has 1 aliphatic heterocycles. The highest BCUT2D eigenvalue weighted by Gasteiger charge is 2.32. The summed E-state index contributed by atoms with van der Waals surface area (Å²) in [5, 5.41) is 9.81. The van der Waals surface area contributed by atoms with Crippen LogP contribution < -0.4 is 18.9 Å². The van der Waals surface area contributed by atoms with E-state index in [-0.39, 0.29) is 24.1 Å². The van der Waals surface area contributed by atoms with Gasteiger partial charge in [0.1, 0.15) is 34.9 Å². The lowest BCUT2D eigenvalue weighted by Crippen LogP contribution is -2.21. The van der Waals surface area contributed by atoms with Crippen molar-refractivity contribution in [2.75, 3.05) is 20.3 Å². The summed E-state index contributed by atoms with van der Waals surface area (Å²) in [6.45, 7) is 4.22. The number of esters is 1. The number of methoxy groups -OCH3 is 1. The molecule has 0 bridgehead atoms. The summed E-state index contributed by atoms with van der Waals surface area (Å²) < 4.78 is 43.4. The number of fused-ring (bicyclic) bond motifs is 2. The van der Waals surface area contributed by atoms with Crippen LogP contribution in [0.4, 0.5) is 4.39 Å². The Hall–Kier alpha value is -3.85. The van der Waals surface area contributed by atoms with E-state index in [1.165, 1.54) is 13.2 Å². The van der Waals surface area contributed by atoms with Crippen molar-refractivity contribution < 1.29 is 38.0 Å². The third-order valence-electron chi connectivity index (χ3n) is 6.93. The van der Waals surface area contributed by atoms with Crippen LogP contribution in [0.15, 0.2) is 48.7 Å². The number of aliphatic hydroxyl groups is 1. The van der Waals surface area contributed by atoms with Crippen LogP contribution in [0.3, 0.4) is 0 Å². The number of carbonyl (C=O) groups is 1. The van der Waals surface area contributed by atoms with E-state index in [1.807, 2.05) is 12.1 Å². The van der Waals surface area contributed by atoms with Crippen LogP contribution in [-0.4, -0.2) is 42.0 Å². The van der Waals surface area contributed by atoms with Crippen LogP contribution >= 0.6 is 0 Å². The lowest BCUT2D eigenvalue weighted by atomic mass is 9.98. The SMILES string of the molecule is COC(=O)C[C@@H]1COc2cc(O[C@@H]3CCc4c(Oc5ccc(OCCC(C)(C)O)cn5)ccc(F)c43)ccc21. The normalized spacial score (nSPS) is 17.7. The number of hydrogen-bond donors (Lipinski definition) is 1. The van der Waals surface area contributed by atoms with Crippen LogP contribution in [0, 0.1) is 5.82 Å². The molecule has 3 aromatic rings. The quantitative estimate of drug-likeness (QED) is 0.331. The van der Waals surface area contributed by atoms with Crippen molar-refractivity contribution in [1.29, 1.82) is 0 Å². The zero-order valence-corrected chi connectivity index (χ0v) is 22.2. The summed E-state index contributed by atoms with van der Waals surface area (Å²) >= 11 is 0. The maximum atomic E-state index is 15.0. The molecule has 1 N–H and O–H groups in total. The summed E-state index contributed by atoms with van der Waals surface area (Å²) in [5.74, 6) is 2.00. The van der Waals surface area contributed by atoms with Gasteiger partial charge in [-0.3, -0.25) is 4.79 Å². The molecule has 39 heavy (non-hydrogen) atoms. The van der Waals surface area contributed by atoms with Crippen LogP contribution in [0.25, 0.3) is 0 Å². The van der Waals surface area contributed by atoms with Gasteiger partial charge in [-0.25, -0.2) is 9.37 Å². The molecule has 0 radical (unpaired) electrons. The van der Waals surface area contributed by atoms with Gasteiger partial charge in [0.25, 0.3) is 0 Å². The number of hydrogen-bond acceptors (Lipinski definition) is 8. The number of rotatable bonds is 10. The molecular weight excluding hydrogens is 505 g/mol. The van der Waals surface area contributed by atoms with Crippen molar-refractivity contribution in [3.63, 3.8) is 0 Å². The number of pyridine rings is 1. The third kappa shape index (κ3) is 6.25. The molecular formula is C30H32FNO7. The van der Waals surface area contributed by atoms with Crippen molar-refractivity contribution in [2.24, 2.45) is 0 Å². The number of benzene rings is 2. The zero-order chi connectivity index (χ0) is 27.6. The van der Waals surface area contributed by atoms with E-state index in [4.69, 9.17) is 23.7 Å². The van der Waals surface area contributed by atoms with E-state index in [2.05, 4.69) is 4.98 Å². The van der Waals surface area contributed by atoms with E-state index in [0.29, 0.717) is 66.9 Å². The molecule has 0 unspecified atom stereocenters. The molecule has 9 heteroatoms. The summed E-state index contributed by atoms with van der Waals surface area (Å²) in [7, 11) is 1.37. The summed E-state index contributed by atoms with van der Waals surface area (Å²) in [6.07, 6.45) is 3.00. The first-order valence-corrected chi connectivity index (χ1v) is 13.0. The molecule has 2 aromatic carbocycles. The average Bonchev–Trinajstić information content (AvgIpc) is 3.50. The first kappa shape index (κ1) is 26.7. The minimum absolute atomic E-state index is 0.0622. The van der Waals surface area contributed by atoms with Crippen LogP contribution in [0.2, 0.25) is 0 Å². The van der Waals surface area contributed by atoms with Gasteiger partial charge in [0.05, 0.1) is 38.5 Å². The maximum absolute atomic E-state index is 15.0. The Bertz CT molecular complexity index is 1340. The van der Waals surface area contributed by atoms with Gasteiger partial charge < -0.3 is 28.8 Å². The van der Waals surface area contributed by atoms with Gasteiger partial charge in [0.15, 0.2) is 0 Å². The molecule has 8 nitrogen and oxygen atoms in total. The molecule has 0 saturated heterocycles. The highest BCUT2D eigenvalue weighted by molar-refractivity contribution is 5.71. The molecule has 1 aliphatic carbocycles. The van der Waals surface area contributed by atoms with Crippen molar-refractivity contribution in [2.45, 2.75) is 57.2 Å². The second kappa shape index (κ2) is 11.1. The van der Waals surface area contributed by atoms with Crippen molar-refractivity contribution in [1.82, 2.24) is 4.98 Å². The summed E-state index contributed by atoms with van der Waals surface area (Å²) in [5.41, 5.74) is 1.36.